The van der Waals surface area contributed by atoms with Crippen LogP contribution in [0.1, 0.15) is 22.7 Å². The monoisotopic (exact) mass is 540 g/mol. The molecule has 3 nitrogen and oxygen atoms in total. The second-order valence-electron chi connectivity index (χ2n) is 10.8. The summed E-state index contributed by atoms with van der Waals surface area (Å²) in [4.78, 5) is 7.24. The summed E-state index contributed by atoms with van der Waals surface area (Å²) in [5, 5.41) is 0. The third-order valence-corrected chi connectivity index (χ3v) is 8.25. The van der Waals surface area contributed by atoms with E-state index in [0.717, 1.165) is 34.1 Å². The molecule has 42 heavy (non-hydrogen) atoms. The highest BCUT2D eigenvalue weighted by Crippen LogP contribution is 2.50. The highest BCUT2D eigenvalue weighted by Gasteiger charge is 2.44. The smallest absolute Gasteiger partial charge is 0.151 e. The average Bonchev–Trinajstić information content (AvgIpc) is 3.46. The van der Waals surface area contributed by atoms with Crippen LogP contribution < -0.4 is 9.64 Å². The van der Waals surface area contributed by atoms with E-state index in [1.165, 1.54) is 27.8 Å². The van der Waals surface area contributed by atoms with Crippen LogP contribution >= 0.6 is 0 Å². The zero-order chi connectivity index (χ0) is 27.9. The van der Waals surface area contributed by atoms with Crippen LogP contribution in [-0.2, 0) is 0 Å². The maximum Gasteiger partial charge on any atom is 0.151 e. The summed E-state index contributed by atoms with van der Waals surface area (Å²) >= 11 is 0. The lowest BCUT2D eigenvalue weighted by molar-refractivity contribution is 0.250. The summed E-state index contributed by atoms with van der Waals surface area (Å²) in [6, 6.07) is 51.3. The van der Waals surface area contributed by atoms with Gasteiger partial charge in [0, 0.05) is 23.1 Å². The van der Waals surface area contributed by atoms with Crippen molar-refractivity contribution in [2.24, 2.45) is 0 Å². The van der Waals surface area contributed by atoms with Crippen molar-refractivity contribution < 1.29 is 4.74 Å². The average molecular weight is 541 g/mol. The minimum Gasteiger partial charge on any atom is -0.483 e. The predicted molar refractivity (Wildman–Crippen MR) is 171 cm³/mol. The Balaban J connectivity index is 1.34. The summed E-state index contributed by atoms with van der Waals surface area (Å²) in [5.74, 6) is 0.933. The van der Waals surface area contributed by atoms with Gasteiger partial charge in [-0.3, -0.25) is 4.98 Å². The summed E-state index contributed by atoms with van der Waals surface area (Å²) in [6.45, 7) is 0. The number of ether oxygens (including phenoxy) is 1. The highest BCUT2D eigenvalue weighted by molar-refractivity contribution is 5.82. The molecule has 0 saturated heterocycles. The third kappa shape index (κ3) is 4.18. The number of aromatic nitrogens is 1. The quantitative estimate of drug-likeness (QED) is 0.218. The van der Waals surface area contributed by atoms with Crippen LogP contribution in [0.15, 0.2) is 157 Å². The number of fused-ring (bicyclic) bond motifs is 5. The second-order valence-corrected chi connectivity index (χ2v) is 10.8. The van der Waals surface area contributed by atoms with Crippen molar-refractivity contribution in [2.45, 2.75) is 12.0 Å². The molecule has 5 aromatic carbocycles. The molecule has 0 spiro atoms. The summed E-state index contributed by atoms with van der Waals surface area (Å²) < 4.78 is 6.78. The van der Waals surface area contributed by atoms with E-state index in [2.05, 4.69) is 144 Å². The topological polar surface area (TPSA) is 25.4 Å². The molecule has 8 rings (SSSR count). The number of rotatable bonds is 5. The molecule has 1 aliphatic heterocycles. The summed E-state index contributed by atoms with van der Waals surface area (Å²) in [5.41, 5.74) is 11.3. The molecule has 0 radical (unpaired) electrons. The Morgan fingerprint density at radius 2 is 1.14 bits per heavy atom. The first-order valence-electron chi connectivity index (χ1n) is 14.4. The maximum absolute atomic E-state index is 6.78. The zero-order valence-electron chi connectivity index (χ0n) is 23.0. The molecule has 2 aliphatic rings. The molecule has 1 aromatic heterocycles. The molecule has 2 unspecified atom stereocenters. The Hall–Kier alpha value is -5.41. The second kappa shape index (κ2) is 10.2. The van der Waals surface area contributed by atoms with Crippen LogP contribution in [0, 0.1) is 0 Å². The molecular formula is C39H28N2O. The van der Waals surface area contributed by atoms with E-state index >= 15 is 0 Å². The van der Waals surface area contributed by atoms with Crippen molar-refractivity contribution in [3.8, 4) is 28.0 Å². The molecule has 0 saturated carbocycles. The van der Waals surface area contributed by atoms with E-state index < -0.39 is 0 Å². The molecule has 0 amide bonds. The van der Waals surface area contributed by atoms with E-state index in [0.29, 0.717) is 0 Å². The molecule has 200 valence electrons. The largest absolute Gasteiger partial charge is 0.483 e. The lowest BCUT2D eigenvalue weighted by atomic mass is 9.83. The van der Waals surface area contributed by atoms with Crippen LogP contribution in [0.2, 0.25) is 0 Å². The van der Waals surface area contributed by atoms with Crippen molar-refractivity contribution in [3.63, 3.8) is 0 Å². The van der Waals surface area contributed by atoms with Crippen molar-refractivity contribution in [2.75, 3.05) is 4.90 Å². The minimum absolute atomic E-state index is 0.00881. The normalized spacial score (nSPS) is 16.4. The molecule has 1 aliphatic carbocycles. The summed E-state index contributed by atoms with van der Waals surface area (Å²) in [6.07, 6.45) is 3.94. The molecule has 6 aromatic rings. The van der Waals surface area contributed by atoms with Gasteiger partial charge in [0.05, 0.1) is 17.3 Å². The fourth-order valence-corrected chi connectivity index (χ4v) is 6.34. The van der Waals surface area contributed by atoms with Gasteiger partial charge in [0.1, 0.15) is 5.75 Å². The van der Waals surface area contributed by atoms with Crippen LogP contribution in [0.5, 0.6) is 5.75 Å². The van der Waals surface area contributed by atoms with Crippen LogP contribution in [0.3, 0.4) is 0 Å². The molecule has 0 fully saturated rings. The van der Waals surface area contributed by atoms with Crippen molar-refractivity contribution >= 4 is 17.5 Å². The number of para-hydroxylation sites is 1. The van der Waals surface area contributed by atoms with Gasteiger partial charge in [-0.15, -0.1) is 0 Å². The van der Waals surface area contributed by atoms with Gasteiger partial charge in [0.15, 0.2) is 6.10 Å². The maximum atomic E-state index is 6.78. The van der Waals surface area contributed by atoms with Crippen molar-refractivity contribution in [1.82, 2.24) is 4.98 Å². The Morgan fingerprint density at radius 1 is 0.548 bits per heavy atom. The number of hydrogen-bond donors (Lipinski definition) is 0. The predicted octanol–water partition coefficient (Wildman–Crippen LogP) is 9.50. The van der Waals surface area contributed by atoms with Gasteiger partial charge in [-0.25, -0.2) is 0 Å². The lowest BCUT2D eigenvalue weighted by Crippen LogP contribution is -2.35. The van der Waals surface area contributed by atoms with Gasteiger partial charge in [0.25, 0.3) is 0 Å². The minimum atomic E-state index is -0.217. The van der Waals surface area contributed by atoms with E-state index in [1.54, 1.807) is 0 Å². The van der Waals surface area contributed by atoms with Gasteiger partial charge in [-0.05, 0) is 70.3 Å². The number of benzene rings is 5. The standard InChI is InChI=1S/C39H28N2O/c1-3-12-27(13-4-1)29-16-9-19-32(24-29)41(33-20-10-17-30(25-33)28-14-5-2-6-15-28)35-26-31-18-11-23-40-38(31)37-34-21-7-8-22-36(34)42-39(35)37/h1-26,37,39H. The number of hydrogen-bond acceptors (Lipinski definition) is 3. The van der Waals surface area contributed by atoms with Gasteiger partial charge in [-0.1, -0.05) is 109 Å². The number of pyridine rings is 1. The first kappa shape index (κ1) is 24.4. The first-order chi connectivity index (χ1) is 20.8. The van der Waals surface area contributed by atoms with Gasteiger partial charge < -0.3 is 9.64 Å². The Labute approximate surface area is 246 Å². The van der Waals surface area contributed by atoms with E-state index in [4.69, 9.17) is 9.72 Å². The molecular weight excluding hydrogens is 512 g/mol. The van der Waals surface area contributed by atoms with Crippen molar-refractivity contribution in [1.29, 1.82) is 0 Å². The number of anilines is 2. The SMILES string of the molecule is C1=C(N(c2cccc(-c3ccccc3)c2)c2cccc(-c3ccccc3)c2)C2Oc3ccccc3C2c2ncccc21. The fraction of sp³-hybridized carbons (Fsp3) is 0.0513. The van der Waals surface area contributed by atoms with Crippen LogP contribution in [0.4, 0.5) is 11.4 Å². The van der Waals surface area contributed by atoms with Gasteiger partial charge in [0.2, 0.25) is 0 Å². The molecule has 0 bridgehead atoms. The van der Waals surface area contributed by atoms with Gasteiger partial charge >= 0.3 is 0 Å². The lowest BCUT2D eigenvalue weighted by Gasteiger charge is -2.36. The van der Waals surface area contributed by atoms with Gasteiger partial charge in [-0.2, -0.15) is 0 Å². The van der Waals surface area contributed by atoms with E-state index in [-0.39, 0.29) is 12.0 Å². The molecule has 3 heteroatoms. The first-order valence-corrected chi connectivity index (χ1v) is 14.4. The Bertz CT molecular complexity index is 1850. The molecule has 2 heterocycles. The fourth-order valence-electron chi connectivity index (χ4n) is 6.34. The highest BCUT2D eigenvalue weighted by atomic mass is 16.5. The third-order valence-electron chi connectivity index (χ3n) is 8.25. The van der Waals surface area contributed by atoms with E-state index in [9.17, 15) is 0 Å². The van der Waals surface area contributed by atoms with Crippen LogP contribution in [0.25, 0.3) is 28.3 Å². The Morgan fingerprint density at radius 3 is 1.81 bits per heavy atom. The molecule has 0 N–H and O–H groups in total. The van der Waals surface area contributed by atoms with E-state index in [1.807, 2.05) is 18.3 Å². The Kier molecular flexibility index (Phi) is 5.93. The van der Waals surface area contributed by atoms with Crippen LogP contribution in [-0.4, -0.2) is 11.1 Å². The zero-order valence-corrected chi connectivity index (χ0v) is 23.0. The molecule has 2 atom stereocenters. The van der Waals surface area contributed by atoms with Crippen molar-refractivity contribution in [3.05, 3.63) is 174 Å². The summed E-state index contributed by atoms with van der Waals surface area (Å²) in [7, 11) is 0. The number of nitrogens with zero attached hydrogens (tertiary/aromatic N) is 2.